The van der Waals surface area contributed by atoms with Gasteiger partial charge in [-0.3, -0.25) is 9.59 Å². The van der Waals surface area contributed by atoms with Gasteiger partial charge >= 0.3 is 0 Å². The summed E-state index contributed by atoms with van der Waals surface area (Å²) in [5, 5.41) is 3.55. The number of amides is 2. The number of hydrogen-bond acceptors (Lipinski definition) is 4. The maximum atomic E-state index is 12.7. The molecule has 0 saturated carbocycles. The largest absolute Gasteiger partial charge is 0.349 e. The van der Waals surface area contributed by atoms with Crippen LogP contribution in [-0.2, 0) is 0 Å². The summed E-state index contributed by atoms with van der Waals surface area (Å²) in [5.74, 6) is -0.197. The molecule has 0 radical (unpaired) electrons. The minimum absolute atomic E-state index is 0.0225. The van der Waals surface area contributed by atoms with Crippen molar-refractivity contribution < 1.29 is 9.59 Å². The number of carbonyl (C=O) groups excluding carboxylic acids is 2. The molecule has 1 aliphatic rings. The molecule has 1 saturated heterocycles. The zero-order valence-corrected chi connectivity index (χ0v) is 17.7. The molecular formula is C23H23ClN4O2. The summed E-state index contributed by atoms with van der Waals surface area (Å²) in [6, 6.07) is 12.5. The van der Waals surface area contributed by atoms with Crippen molar-refractivity contribution >= 4 is 34.4 Å². The Morgan fingerprint density at radius 1 is 1.00 bits per heavy atom. The van der Waals surface area contributed by atoms with E-state index in [2.05, 4.69) is 15.3 Å². The summed E-state index contributed by atoms with van der Waals surface area (Å²) in [5.41, 5.74) is 4.32. The highest BCUT2D eigenvalue weighted by Gasteiger charge is 2.26. The van der Waals surface area contributed by atoms with Crippen molar-refractivity contribution in [2.45, 2.75) is 32.7 Å². The molecule has 2 amide bonds. The van der Waals surface area contributed by atoms with Crippen LogP contribution in [0.3, 0.4) is 0 Å². The van der Waals surface area contributed by atoms with Crippen molar-refractivity contribution in [1.29, 1.82) is 0 Å². The second-order valence-electron chi connectivity index (χ2n) is 7.62. The first kappa shape index (κ1) is 20.3. The van der Waals surface area contributed by atoms with Crippen LogP contribution in [0.1, 0.15) is 44.9 Å². The molecule has 4 rings (SSSR count). The lowest BCUT2D eigenvalue weighted by atomic mass is 10.0. The first-order valence-corrected chi connectivity index (χ1v) is 10.4. The van der Waals surface area contributed by atoms with Gasteiger partial charge in [-0.25, -0.2) is 9.97 Å². The first-order chi connectivity index (χ1) is 14.4. The topological polar surface area (TPSA) is 75.2 Å². The van der Waals surface area contributed by atoms with Crippen LogP contribution >= 0.6 is 11.6 Å². The molecule has 7 heteroatoms. The molecule has 1 N–H and O–H groups in total. The predicted molar refractivity (Wildman–Crippen MR) is 117 cm³/mol. The Balaban J connectivity index is 1.38. The molecule has 2 aromatic carbocycles. The number of likely N-dealkylation sites (tertiary alicyclic amines) is 1. The van der Waals surface area contributed by atoms with Crippen molar-refractivity contribution in [1.82, 2.24) is 20.2 Å². The molecule has 0 aliphatic carbocycles. The zero-order valence-electron chi connectivity index (χ0n) is 17.0. The number of nitrogens with zero attached hydrogens (tertiary/aromatic N) is 3. The van der Waals surface area contributed by atoms with E-state index in [1.807, 2.05) is 32.0 Å². The second kappa shape index (κ2) is 8.40. The molecular weight excluding hydrogens is 400 g/mol. The standard InChI is InChI=1S/C23H23ClN4O2/c1-14-15(2)26-21-13-16(7-8-20(21)25-14)22(29)27-17-9-11-28(12-10-17)23(30)18-5-3-4-6-19(18)24/h3-8,13,17H,9-12H2,1-2H3,(H,27,29). The molecule has 30 heavy (non-hydrogen) atoms. The smallest absolute Gasteiger partial charge is 0.255 e. The third-order valence-corrected chi connectivity index (χ3v) is 5.89. The van der Waals surface area contributed by atoms with Gasteiger partial charge in [0, 0.05) is 24.7 Å². The van der Waals surface area contributed by atoms with Crippen molar-refractivity contribution in [2.24, 2.45) is 0 Å². The molecule has 6 nitrogen and oxygen atoms in total. The Kier molecular flexibility index (Phi) is 5.68. The van der Waals surface area contributed by atoms with Crippen LogP contribution in [0.2, 0.25) is 5.02 Å². The van der Waals surface area contributed by atoms with Crippen LogP contribution in [0.25, 0.3) is 11.0 Å². The summed E-state index contributed by atoms with van der Waals surface area (Å²) in [4.78, 5) is 36.3. The molecule has 0 atom stereocenters. The predicted octanol–water partition coefficient (Wildman–Crippen LogP) is 3.93. The Hall–Kier alpha value is -2.99. The highest BCUT2D eigenvalue weighted by molar-refractivity contribution is 6.33. The Morgan fingerprint density at radius 2 is 1.67 bits per heavy atom. The van der Waals surface area contributed by atoms with Gasteiger partial charge < -0.3 is 10.2 Å². The fourth-order valence-electron chi connectivity index (χ4n) is 3.67. The fourth-order valence-corrected chi connectivity index (χ4v) is 3.89. The van der Waals surface area contributed by atoms with E-state index >= 15 is 0 Å². The summed E-state index contributed by atoms with van der Waals surface area (Å²) < 4.78 is 0. The molecule has 1 aromatic heterocycles. The van der Waals surface area contributed by atoms with Crippen LogP contribution in [-0.4, -0.2) is 45.8 Å². The van der Waals surface area contributed by atoms with Crippen LogP contribution in [0.5, 0.6) is 0 Å². The van der Waals surface area contributed by atoms with E-state index in [0.29, 0.717) is 47.6 Å². The number of aryl methyl sites for hydroxylation is 2. The van der Waals surface area contributed by atoms with Gasteiger partial charge in [0.05, 0.1) is 33.0 Å². The van der Waals surface area contributed by atoms with Gasteiger partial charge in [-0.05, 0) is 57.0 Å². The van der Waals surface area contributed by atoms with E-state index in [-0.39, 0.29) is 17.9 Å². The number of piperidine rings is 1. The van der Waals surface area contributed by atoms with Gasteiger partial charge in [0.1, 0.15) is 0 Å². The minimum atomic E-state index is -0.132. The molecule has 0 bridgehead atoms. The van der Waals surface area contributed by atoms with E-state index in [1.54, 1.807) is 29.2 Å². The van der Waals surface area contributed by atoms with E-state index < -0.39 is 0 Å². The van der Waals surface area contributed by atoms with E-state index in [4.69, 9.17) is 11.6 Å². The molecule has 154 valence electrons. The lowest BCUT2D eigenvalue weighted by Crippen LogP contribution is -2.46. The van der Waals surface area contributed by atoms with Gasteiger partial charge in [0.25, 0.3) is 11.8 Å². The van der Waals surface area contributed by atoms with Crippen molar-refractivity contribution in [2.75, 3.05) is 13.1 Å². The molecule has 1 fully saturated rings. The average Bonchev–Trinajstić information content (AvgIpc) is 2.74. The summed E-state index contributed by atoms with van der Waals surface area (Å²) in [6.07, 6.45) is 1.40. The number of benzene rings is 2. The van der Waals surface area contributed by atoms with Gasteiger partial charge in [0.2, 0.25) is 0 Å². The van der Waals surface area contributed by atoms with E-state index in [1.165, 1.54) is 0 Å². The van der Waals surface area contributed by atoms with Crippen LogP contribution < -0.4 is 5.32 Å². The summed E-state index contributed by atoms with van der Waals surface area (Å²) >= 11 is 6.15. The fraction of sp³-hybridized carbons (Fsp3) is 0.304. The van der Waals surface area contributed by atoms with Gasteiger partial charge in [-0.2, -0.15) is 0 Å². The maximum absolute atomic E-state index is 12.7. The Labute approximate surface area is 180 Å². The molecule has 3 aromatic rings. The van der Waals surface area contributed by atoms with Gasteiger partial charge in [-0.1, -0.05) is 23.7 Å². The minimum Gasteiger partial charge on any atom is -0.349 e. The highest BCUT2D eigenvalue weighted by atomic mass is 35.5. The third kappa shape index (κ3) is 4.14. The van der Waals surface area contributed by atoms with Crippen molar-refractivity contribution in [3.63, 3.8) is 0 Å². The molecule has 0 spiro atoms. The lowest BCUT2D eigenvalue weighted by Gasteiger charge is -2.32. The quantitative estimate of drug-likeness (QED) is 0.693. The number of fused-ring (bicyclic) bond motifs is 1. The van der Waals surface area contributed by atoms with Crippen molar-refractivity contribution in [3.8, 4) is 0 Å². The average molecular weight is 423 g/mol. The Bertz CT molecular complexity index is 1120. The third-order valence-electron chi connectivity index (χ3n) is 5.56. The molecule has 0 unspecified atom stereocenters. The number of halogens is 1. The van der Waals surface area contributed by atoms with Crippen LogP contribution in [0, 0.1) is 13.8 Å². The summed E-state index contributed by atoms with van der Waals surface area (Å²) in [7, 11) is 0. The highest BCUT2D eigenvalue weighted by Crippen LogP contribution is 2.20. The second-order valence-corrected chi connectivity index (χ2v) is 8.02. The number of hydrogen-bond donors (Lipinski definition) is 1. The summed E-state index contributed by atoms with van der Waals surface area (Å²) in [6.45, 7) is 4.99. The van der Waals surface area contributed by atoms with E-state index in [9.17, 15) is 9.59 Å². The van der Waals surface area contributed by atoms with Gasteiger partial charge in [0.15, 0.2) is 0 Å². The number of nitrogens with one attached hydrogen (secondary N) is 1. The Morgan fingerprint density at radius 3 is 2.37 bits per heavy atom. The van der Waals surface area contributed by atoms with Crippen molar-refractivity contribution in [3.05, 3.63) is 70.0 Å². The van der Waals surface area contributed by atoms with Gasteiger partial charge in [-0.15, -0.1) is 0 Å². The normalized spacial score (nSPS) is 14.7. The SMILES string of the molecule is Cc1nc2ccc(C(=O)NC3CCN(C(=O)c4ccccc4Cl)CC3)cc2nc1C. The lowest BCUT2D eigenvalue weighted by molar-refractivity contribution is 0.0698. The molecule has 1 aliphatic heterocycles. The number of aromatic nitrogens is 2. The van der Waals surface area contributed by atoms with E-state index in [0.717, 1.165) is 16.9 Å². The van der Waals surface area contributed by atoms with Crippen LogP contribution in [0.4, 0.5) is 0 Å². The molecule has 2 heterocycles. The monoisotopic (exact) mass is 422 g/mol. The number of rotatable bonds is 3. The van der Waals surface area contributed by atoms with Crippen LogP contribution in [0.15, 0.2) is 42.5 Å². The maximum Gasteiger partial charge on any atom is 0.255 e. The zero-order chi connectivity index (χ0) is 21.3. The first-order valence-electron chi connectivity index (χ1n) is 10.0. The number of carbonyl (C=O) groups is 2.